The average molecular weight is 987 g/mol. The minimum atomic E-state index is -5.50. The standard InChI is InChI=1S/3CH5ClO6P2.2W/c3*2-1(9(3,4)5)10(6,7)8;;/h3*1H,(H2,3,4,5)(H2,6,7,8);;/p-12. The summed E-state index contributed by atoms with van der Waals surface area (Å²) in [5.41, 5.74) is 0. The predicted molar refractivity (Wildman–Crippen MR) is 74.6 cm³/mol. The smallest absolute Gasteiger partial charge is 0.0879 e. The third kappa shape index (κ3) is 22.4. The second kappa shape index (κ2) is 16.2. The van der Waals surface area contributed by atoms with Gasteiger partial charge in [-0.25, -0.2) is 0 Å². The quantitative estimate of drug-likeness (QED) is 0.176. The van der Waals surface area contributed by atoms with Crippen LogP contribution in [0.15, 0.2) is 0 Å². The summed E-state index contributed by atoms with van der Waals surface area (Å²) in [5, 5.41) is 0. The van der Waals surface area contributed by atoms with Crippen LogP contribution in [-0.2, 0) is 69.5 Å². The van der Waals surface area contributed by atoms with Crippen molar-refractivity contribution in [3.05, 3.63) is 0 Å². The molecule has 0 bridgehead atoms. The molecule has 0 atom stereocenters. The minimum Gasteiger partial charge on any atom is -0.809 e. The van der Waals surface area contributed by atoms with Crippen LogP contribution in [0.25, 0.3) is 0 Å². The zero-order valence-corrected chi connectivity index (χ0v) is 27.2. The van der Waals surface area contributed by atoms with Crippen molar-refractivity contribution in [2.45, 2.75) is 14.6 Å². The molecule has 0 saturated heterocycles. The molecule has 18 nitrogen and oxygen atoms in total. The molecule has 0 aromatic carbocycles. The van der Waals surface area contributed by atoms with E-state index in [1.807, 2.05) is 0 Å². The molecule has 0 spiro atoms. The van der Waals surface area contributed by atoms with Crippen LogP contribution in [0, 0.1) is 0 Å². The molecule has 0 aliphatic heterocycles. The van der Waals surface area contributed by atoms with Gasteiger partial charge in [0.25, 0.3) is 0 Å². The summed E-state index contributed by atoms with van der Waals surface area (Å²) in [6.07, 6.45) is 0. The first-order chi connectivity index (χ1) is 12.5. The van der Waals surface area contributed by atoms with Gasteiger partial charge >= 0.3 is 0 Å². The van der Waals surface area contributed by atoms with Crippen molar-refractivity contribution in [2.75, 3.05) is 0 Å². The van der Waals surface area contributed by atoms with E-state index in [4.69, 9.17) is 0 Å². The van der Waals surface area contributed by atoms with Gasteiger partial charge in [0.05, 0.1) is 14.6 Å². The monoisotopic (exact) mass is 986 g/mol. The molecule has 0 aromatic rings. The Labute approximate surface area is 221 Å². The fourth-order valence-corrected chi connectivity index (χ4v) is 4.68. The molecular weight excluding hydrogens is 984 g/mol. The van der Waals surface area contributed by atoms with Gasteiger partial charge < -0.3 is 86.1 Å². The second-order valence-electron chi connectivity index (χ2n) is 4.17. The topological polar surface area (TPSA) is 379 Å². The molecule has 29 heteroatoms. The van der Waals surface area contributed by atoms with Crippen molar-refractivity contribution in [1.29, 1.82) is 0 Å². The van der Waals surface area contributed by atoms with E-state index < -0.39 is 60.2 Å². The normalized spacial score (nSPS) is 13.3. The molecular formula is C3H3Cl3O18P6W2-12. The number of alkyl halides is 3. The van der Waals surface area contributed by atoms with Crippen LogP contribution < -0.4 is 58.7 Å². The van der Waals surface area contributed by atoms with Crippen LogP contribution >= 0.6 is 80.4 Å². The van der Waals surface area contributed by atoms with E-state index in [0.717, 1.165) is 0 Å². The average Bonchev–Trinajstić information content (AvgIpc) is 2.40. The van der Waals surface area contributed by atoms with Crippen LogP contribution in [0.3, 0.4) is 0 Å². The summed E-state index contributed by atoms with van der Waals surface area (Å²) in [6, 6.07) is 0. The molecule has 0 heterocycles. The maximum atomic E-state index is 9.75. The van der Waals surface area contributed by atoms with Gasteiger partial charge in [0, 0.05) is 42.1 Å². The van der Waals surface area contributed by atoms with E-state index in [-0.39, 0.29) is 42.1 Å². The number of hydrogen-bond donors (Lipinski definition) is 0. The van der Waals surface area contributed by atoms with Gasteiger partial charge in [0.15, 0.2) is 0 Å². The maximum Gasteiger partial charge on any atom is 0.0879 e. The third-order valence-corrected chi connectivity index (χ3v) is 14.1. The Kier molecular flexibility index (Phi) is 22.8. The summed E-state index contributed by atoms with van der Waals surface area (Å²) in [4.78, 5) is 108. The van der Waals surface area contributed by atoms with Gasteiger partial charge in [0.1, 0.15) is 0 Å². The first kappa shape index (κ1) is 45.1. The molecule has 0 N–H and O–H groups in total. The zero-order valence-electron chi connectivity index (χ0n) is 13.7. The summed E-state index contributed by atoms with van der Waals surface area (Å²) < 4.78 is 58.5. The fraction of sp³-hybridized carbons (Fsp3) is 1.00. The van der Waals surface area contributed by atoms with Gasteiger partial charge in [-0.05, 0) is 45.6 Å². The van der Waals surface area contributed by atoms with Crippen molar-refractivity contribution >= 4 is 80.4 Å². The Balaban J connectivity index is -0.000000110. The first-order valence-corrected chi connectivity index (χ1v) is 16.5. The molecule has 32 heavy (non-hydrogen) atoms. The molecule has 0 aromatic heterocycles. The number of halogens is 3. The van der Waals surface area contributed by atoms with E-state index in [0.29, 0.717) is 0 Å². The summed E-state index contributed by atoms with van der Waals surface area (Å²) in [6.45, 7) is 0. The number of rotatable bonds is 6. The van der Waals surface area contributed by atoms with Gasteiger partial charge in [-0.3, -0.25) is 0 Å². The SMILES string of the molecule is O=P([O-])([O-])C(Cl)P(=O)([O-])[O-].O=P([O-])([O-])C(Cl)P(=O)([O-])[O-].O=P([O-])([O-])C(Cl)P(=O)([O-])[O-].[W].[W]. The van der Waals surface area contributed by atoms with Crippen molar-refractivity contribution in [3.8, 4) is 0 Å². The van der Waals surface area contributed by atoms with Gasteiger partial charge in [-0.15, -0.1) is 34.8 Å². The molecule has 198 valence electrons. The van der Waals surface area contributed by atoms with E-state index in [9.17, 15) is 86.1 Å². The van der Waals surface area contributed by atoms with Crippen LogP contribution in [0.2, 0.25) is 0 Å². The Hall–Kier alpha value is 3.15. The Morgan fingerprint density at radius 1 is 0.344 bits per heavy atom. The molecule has 0 unspecified atom stereocenters. The van der Waals surface area contributed by atoms with E-state index >= 15 is 0 Å². The second-order valence-corrected chi connectivity index (χ2v) is 18.1. The molecule has 0 rings (SSSR count). The minimum absolute atomic E-state index is 0. The zero-order chi connectivity index (χ0) is 25.7. The molecule has 0 amide bonds. The Morgan fingerprint density at radius 2 is 0.406 bits per heavy atom. The largest absolute Gasteiger partial charge is 0.809 e. The van der Waals surface area contributed by atoms with Crippen molar-refractivity contribution in [1.82, 2.24) is 0 Å². The summed E-state index contributed by atoms with van der Waals surface area (Å²) >= 11 is 13.4. The van der Waals surface area contributed by atoms with Crippen LogP contribution in [0.1, 0.15) is 0 Å². The van der Waals surface area contributed by atoms with Crippen LogP contribution in [-0.4, -0.2) is 14.6 Å². The summed E-state index contributed by atoms with van der Waals surface area (Å²) in [5.74, 6) is 0. The Morgan fingerprint density at radius 3 is 0.406 bits per heavy atom. The van der Waals surface area contributed by atoms with Gasteiger partial charge in [0.2, 0.25) is 0 Å². The van der Waals surface area contributed by atoms with E-state index in [1.54, 1.807) is 0 Å². The van der Waals surface area contributed by atoms with Gasteiger partial charge in [-0.2, -0.15) is 0 Å². The van der Waals surface area contributed by atoms with Gasteiger partial charge in [-0.1, -0.05) is 0 Å². The van der Waals surface area contributed by atoms with Crippen molar-refractivity contribution in [3.63, 3.8) is 0 Å². The molecule has 0 radical (unpaired) electrons. The molecule has 0 aliphatic carbocycles. The van der Waals surface area contributed by atoms with Crippen molar-refractivity contribution in [2.24, 2.45) is 0 Å². The third-order valence-electron chi connectivity index (χ3n) is 1.57. The van der Waals surface area contributed by atoms with Crippen molar-refractivity contribution < 1.29 is 128 Å². The molecule has 0 saturated carbocycles. The van der Waals surface area contributed by atoms with E-state index in [2.05, 4.69) is 34.8 Å². The predicted octanol–water partition coefficient (Wildman–Crippen LogP) is -8.00. The van der Waals surface area contributed by atoms with E-state index in [1.165, 1.54) is 0 Å². The first-order valence-electron chi connectivity index (χ1n) is 5.49. The molecule has 0 fully saturated rings. The fourth-order valence-electron chi connectivity index (χ4n) is 0.520. The molecule has 0 aliphatic rings. The maximum absolute atomic E-state index is 9.75. The van der Waals surface area contributed by atoms with Crippen LogP contribution in [0.5, 0.6) is 0 Å². The number of hydrogen-bond acceptors (Lipinski definition) is 18. The van der Waals surface area contributed by atoms with Crippen LogP contribution in [0.4, 0.5) is 0 Å². The summed E-state index contributed by atoms with van der Waals surface area (Å²) in [7, 11) is -33.0. The Bertz CT molecular complexity index is 654.